The van der Waals surface area contributed by atoms with E-state index in [0.717, 1.165) is 32.4 Å². The van der Waals surface area contributed by atoms with Gasteiger partial charge in [0.2, 0.25) is 0 Å². The second-order valence-corrected chi connectivity index (χ2v) is 37.2. The topological polar surface area (TPSA) is 410 Å². The Morgan fingerprint density at radius 2 is 0.815 bits per heavy atom. The summed E-state index contributed by atoms with van der Waals surface area (Å²) in [4.78, 5) is 83.6. The average Bonchev–Trinajstić information content (AvgIpc) is 0.822. The molecule has 6 aliphatic heterocycles. The van der Waals surface area contributed by atoms with Crippen molar-refractivity contribution in [2.75, 3.05) is 60.8 Å². The van der Waals surface area contributed by atoms with Gasteiger partial charge >= 0.3 is 17.9 Å². The number of rotatable bonds is 16. The van der Waals surface area contributed by atoms with Crippen molar-refractivity contribution in [2.24, 2.45) is 104 Å². The van der Waals surface area contributed by atoms with Gasteiger partial charge in [0.1, 0.15) is 83.4 Å². The zero-order valence-corrected chi connectivity index (χ0v) is 82.9. The predicted octanol–water partition coefficient (Wildman–Crippen LogP) is 12.7. The first kappa shape index (κ1) is 117. The molecular weight excluding hydrogens is 1600 g/mol. The lowest BCUT2D eigenvalue weighted by atomic mass is 9.70. The number of aliphatic hydroxyl groups is 8. The Labute approximate surface area is 745 Å². The number of hydrogen-bond acceptors (Lipinski definition) is 29. The van der Waals surface area contributed by atoms with E-state index in [1.807, 2.05) is 118 Å². The van der Waals surface area contributed by atoms with E-state index in [0.29, 0.717) is 43.1 Å². The highest BCUT2D eigenvalue weighted by Crippen LogP contribution is 2.45. The van der Waals surface area contributed by atoms with E-state index >= 15 is 0 Å². The number of esters is 3. The number of nitrogens with one attached hydrogen (secondary N) is 2. The number of Topliss-reactive ketones (excluding diaryl/α,β-unsaturated/α-hetero) is 2. The van der Waals surface area contributed by atoms with Crippen LogP contribution in [0.15, 0.2) is 15.5 Å². The summed E-state index contributed by atoms with van der Waals surface area (Å²) in [7, 11) is 4.75. The van der Waals surface area contributed by atoms with Crippen molar-refractivity contribution in [1.82, 2.24) is 10.6 Å². The Balaban J connectivity index is 0.000000908. The van der Waals surface area contributed by atoms with Crippen LogP contribution in [0.5, 0.6) is 0 Å². The van der Waals surface area contributed by atoms with Gasteiger partial charge in [-0.25, -0.2) is 0 Å². The van der Waals surface area contributed by atoms with E-state index in [2.05, 4.69) is 26.1 Å². The standard InChI is InChI=1S/C33H60FNO10.C28H50N2O7.C27H48N2O7.3C2H6/c1-12-24-33(10,40)28(36)20(4)26(35-42-15-13-14-34)18(2)16-31(8,39)22(6)19(3)27(21(5)30(38)44-24)45-25-17-32(9,41-11)29(37)23(7)43-25;1-10-22-28(8,34)25(32)18(4)23(30-37-21-12-11-13-29-15-21)16(2)14-27(7,35-9)20(6)17(3)24(31)19(5)26(33)36-22;1-10-21-27(8,33)24(31)17(4)22(29-36-20-11-12-28-14-20)15(2)13-26(7,34-9)19(6)16(3)23(30)18(5)25(32)35-21;3*1-2/h18-25,27-29,36-37,39-40H,12-17H2,1-11H3;16-22,25,29,32,34H,10-15H2,1-9H3;15-21,24,28,31,33H,10-14H2,1-9H3;3*1-2H3/t18-,19-,20+,21-,22-,23+,24-,25+,27+,28-,29+,31-,32-,33-;16-,17-,18+,19-,20-,21?,22-,25-,27-,28-;15-,16-,17+,18-,19-,20?,21-,24-,26-,27-;;;/m111.../s1. The number of methoxy groups -OCH3 is 3. The highest BCUT2D eigenvalue weighted by atomic mass is 19.1. The number of hydrogen-bond donors (Lipinski definition) is 10. The smallest absolute Gasteiger partial charge is 0.316 e. The normalized spacial score (nSPS) is 43.3. The molecular formula is C94H176FN5O24. The minimum Gasteiger partial charge on any atom is -0.459 e. The van der Waals surface area contributed by atoms with Crippen LogP contribution in [0, 0.1) is 88.8 Å². The van der Waals surface area contributed by atoms with Crippen LogP contribution < -0.4 is 10.6 Å². The van der Waals surface area contributed by atoms with E-state index < -0.39 is 190 Å². The third-order valence-corrected chi connectivity index (χ3v) is 28.3. The molecule has 6 aliphatic rings. The Morgan fingerprint density at radius 3 is 1.16 bits per heavy atom. The lowest BCUT2D eigenvalue weighted by Gasteiger charge is -2.47. The monoisotopic (exact) mass is 1780 g/mol. The van der Waals surface area contributed by atoms with Gasteiger partial charge in [-0.3, -0.25) is 28.4 Å². The van der Waals surface area contributed by atoms with E-state index in [4.69, 9.17) is 52.4 Å². The van der Waals surface area contributed by atoms with Crippen molar-refractivity contribution in [3.05, 3.63) is 0 Å². The van der Waals surface area contributed by atoms with Gasteiger partial charge in [-0.15, -0.1) is 0 Å². The zero-order valence-electron chi connectivity index (χ0n) is 82.9. The minimum atomic E-state index is -1.89. The molecule has 34 atom stereocenters. The molecule has 6 fully saturated rings. The Bertz CT molecular complexity index is 3240. The molecule has 29 nitrogen and oxygen atoms in total. The molecule has 124 heavy (non-hydrogen) atoms. The van der Waals surface area contributed by atoms with Crippen molar-refractivity contribution >= 4 is 46.6 Å². The summed E-state index contributed by atoms with van der Waals surface area (Å²) in [5, 5.41) is 111. The summed E-state index contributed by atoms with van der Waals surface area (Å²) < 4.78 is 60.1. The maximum absolute atomic E-state index is 13.8. The number of nitrogens with zero attached hydrogens (tertiary/aromatic N) is 3. The van der Waals surface area contributed by atoms with Gasteiger partial charge in [0.25, 0.3) is 0 Å². The van der Waals surface area contributed by atoms with Gasteiger partial charge in [-0.2, -0.15) is 0 Å². The van der Waals surface area contributed by atoms with Crippen LogP contribution in [-0.2, 0) is 76.4 Å². The van der Waals surface area contributed by atoms with Gasteiger partial charge in [-0.1, -0.05) is 161 Å². The quantitative estimate of drug-likeness (QED) is 0.0226. The molecule has 0 aliphatic carbocycles. The number of carbonyl (C=O) groups excluding carboxylic acids is 5. The molecule has 10 N–H and O–H groups in total. The fourth-order valence-corrected chi connectivity index (χ4v) is 18.4. The number of aliphatic hydroxyl groups excluding tert-OH is 4. The highest BCUT2D eigenvalue weighted by molar-refractivity contribution is 6.00. The van der Waals surface area contributed by atoms with Gasteiger partial charge < -0.3 is 104 Å². The largest absolute Gasteiger partial charge is 0.459 e. The number of alkyl halides is 1. The molecule has 6 heterocycles. The summed E-state index contributed by atoms with van der Waals surface area (Å²) in [6.45, 7) is 60.6. The summed E-state index contributed by atoms with van der Waals surface area (Å²) in [5.41, 5.74) is -7.59. The van der Waals surface area contributed by atoms with Gasteiger partial charge in [0, 0.05) is 101 Å². The van der Waals surface area contributed by atoms with Crippen molar-refractivity contribution in [3.8, 4) is 0 Å². The first-order valence-electron chi connectivity index (χ1n) is 46.6. The molecule has 728 valence electrons. The SMILES string of the molecule is CC.CC.CC.CC[C@H]1OC(=O)[C@H](C)C(=O)[C@H](C)[C@@H](C)[C@](C)(OC)C[C@@H](C)C(=NOC2CCCNC2)[C@H](C)[C@@H](O)[C@]1(C)O.CC[C@H]1OC(=O)[C@H](C)C(=O)[C@H](C)[C@@H](C)[C@](C)(OC)C[C@@H](C)C(=NOC2CCNC2)[C@H](C)[C@@H](O)[C@]1(C)O.CC[C@H]1OC(=O)[C@H](C)[C@@H](O[C@H]2C[C@@](C)(OC)[C@@H](O)[C@H](C)O2)[C@H](C)[C@@H](C)[C@](C)(O)C[C@@H](C)C(=NOCCCF)[C@H](C)[C@@H](O)[C@]1(C)O. The lowest BCUT2D eigenvalue weighted by Crippen LogP contribution is -2.58. The molecule has 6 saturated heterocycles. The maximum Gasteiger partial charge on any atom is 0.316 e. The van der Waals surface area contributed by atoms with E-state index in [1.165, 1.54) is 41.7 Å². The average molecular weight is 1780 g/mol. The number of piperidine rings is 1. The predicted molar refractivity (Wildman–Crippen MR) is 481 cm³/mol. The summed E-state index contributed by atoms with van der Waals surface area (Å²) in [5.74, 6) is -10.4. The molecule has 0 saturated carbocycles. The lowest BCUT2D eigenvalue weighted by molar-refractivity contribution is -0.298. The third kappa shape index (κ3) is 30.3. The summed E-state index contributed by atoms with van der Waals surface area (Å²) >= 11 is 0. The van der Waals surface area contributed by atoms with Crippen molar-refractivity contribution in [1.29, 1.82) is 0 Å². The number of oxime groups is 3. The Morgan fingerprint density at radius 1 is 0.452 bits per heavy atom. The number of halogens is 1. The van der Waals surface area contributed by atoms with E-state index in [1.54, 1.807) is 83.5 Å². The van der Waals surface area contributed by atoms with Crippen LogP contribution >= 0.6 is 0 Å². The molecule has 0 bridgehead atoms. The molecule has 0 aromatic carbocycles. The highest BCUT2D eigenvalue weighted by Gasteiger charge is 2.55. The van der Waals surface area contributed by atoms with E-state index in [9.17, 15) is 69.2 Å². The maximum atomic E-state index is 13.8. The van der Waals surface area contributed by atoms with Gasteiger partial charge in [0.05, 0.1) is 82.7 Å². The van der Waals surface area contributed by atoms with Crippen LogP contribution in [0.1, 0.15) is 292 Å². The molecule has 6 rings (SSSR count). The van der Waals surface area contributed by atoms with Crippen LogP contribution in [-0.4, -0.2) is 261 Å². The molecule has 0 spiro atoms. The first-order valence-corrected chi connectivity index (χ1v) is 46.6. The molecule has 0 aromatic heterocycles. The summed E-state index contributed by atoms with van der Waals surface area (Å²) in [6, 6.07) is 0. The Hall–Kier alpha value is -4.51. The minimum absolute atomic E-state index is 0.0306. The van der Waals surface area contributed by atoms with Crippen molar-refractivity contribution < 1.29 is 122 Å². The first-order chi connectivity index (χ1) is 57.7. The van der Waals surface area contributed by atoms with Gasteiger partial charge in [-0.05, 0) is 164 Å². The molecule has 0 amide bonds. The number of ether oxygens (including phenoxy) is 8. The Kier molecular flexibility index (Phi) is 50.3. The number of carbonyl (C=O) groups is 5. The number of cyclic esters (lactones) is 3. The van der Waals surface area contributed by atoms with Crippen LogP contribution in [0.3, 0.4) is 0 Å². The van der Waals surface area contributed by atoms with Crippen LogP contribution in [0.2, 0.25) is 0 Å². The van der Waals surface area contributed by atoms with Crippen LogP contribution in [0.25, 0.3) is 0 Å². The van der Waals surface area contributed by atoms with Crippen molar-refractivity contribution in [2.45, 2.75) is 405 Å². The van der Waals surface area contributed by atoms with Crippen LogP contribution in [0.4, 0.5) is 4.39 Å². The van der Waals surface area contributed by atoms with Crippen molar-refractivity contribution in [3.63, 3.8) is 0 Å². The fourth-order valence-electron chi connectivity index (χ4n) is 18.4. The zero-order chi connectivity index (χ0) is 96.0. The molecule has 0 aromatic rings. The van der Waals surface area contributed by atoms with E-state index in [-0.39, 0.29) is 92.6 Å². The molecule has 30 heteroatoms. The third-order valence-electron chi connectivity index (χ3n) is 28.3. The number of ketones is 2. The van der Waals surface area contributed by atoms with Gasteiger partial charge in [0.15, 0.2) is 6.29 Å². The molecule has 0 radical (unpaired) electrons. The summed E-state index contributed by atoms with van der Waals surface area (Å²) in [6.07, 6.45) is -5.44. The second-order valence-electron chi connectivity index (χ2n) is 37.2. The fraction of sp³-hybridized carbons (Fsp3) is 0.915. The second kappa shape index (κ2) is 53.1. The molecule has 2 unspecified atom stereocenters.